The molecule has 0 aliphatic rings. The highest BCUT2D eigenvalue weighted by molar-refractivity contribution is 9.10. The van der Waals surface area contributed by atoms with Crippen LogP contribution < -0.4 is 5.32 Å². The molecule has 0 heterocycles. The lowest BCUT2D eigenvalue weighted by atomic mass is 10.1. The van der Waals surface area contributed by atoms with E-state index in [0.717, 1.165) is 11.1 Å². The summed E-state index contributed by atoms with van der Waals surface area (Å²) >= 11 is 3.05. The molecule has 0 unspecified atom stereocenters. The summed E-state index contributed by atoms with van der Waals surface area (Å²) in [5.41, 5.74) is 2.14. The quantitative estimate of drug-likeness (QED) is 0.900. The fourth-order valence-corrected chi connectivity index (χ4v) is 2.06. The van der Waals surface area contributed by atoms with Crippen LogP contribution in [0.5, 0.6) is 0 Å². The second-order valence-corrected chi connectivity index (χ2v) is 5.14. The van der Waals surface area contributed by atoms with Gasteiger partial charge in [-0.1, -0.05) is 24.3 Å². The van der Waals surface area contributed by atoms with Crippen LogP contribution in [0, 0.1) is 5.82 Å². The van der Waals surface area contributed by atoms with E-state index in [-0.39, 0.29) is 17.0 Å². The van der Waals surface area contributed by atoms with Gasteiger partial charge in [-0.05, 0) is 45.3 Å². The summed E-state index contributed by atoms with van der Waals surface area (Å²) in [5.74, 6) is -0.668. The molecule has 1 amide bonds. The summed E-state index contributed by atoms with van der Waals surface area (Å²) in [6.45, 7) is 0.371. The Bertz CT molecular complexity index is 614. The third kappa shape index (κ3) is 3.65. The number of rotatable bonds is 4. The molecule has 5 heteroatoms. The maximum atomic E-state index is 13.1. The Morgan fingerprint density at radius 1 is 1.15 bits per heavy atom. The van der Waals surface area contributed by atoms with Crippen molar-refractivity contribution < 1.29 is 14.3 Å². The van der Waals surface area contributed by atoms with Crippen molar-refractivity contribution in [2.24, 2.45) is 0 Å². The zero-order valence-corrected chi connectivity index (χ0v) is 12.2. The second-order valence-electron chi connectivity index (χ2n) is 4.29. The highest BCUT2D eigenvalue weighted by Gasteiger charge is 2.08. The van der Waals surface area contributed by atoms with Crippen molar-refractivity contribution in [3.63, 3.8) is 0 Å². The van der Waals surface area contributed by atoms with E-state index in [1.54, 1.807) is 12.1 Å². The van der Waals surface area contributed by atoms with E-state index in [0.29, 0.717) is 12.1 Å². The Morgan fingerprint density at radius 2 is 1.80 bits per heavy atom. The molecule has 20 heavy (non-hydrogen) atoms. The molecule has 0 aliphatic heterocycles. The van der Waals surface area contributed by atoms with Gasteiger partial charge < -0.3 is 10.4 Å². The largest absolute Gasteiger partial charge is 0.392 e. The lowest BCUT2D eigenvalue weighted by Gasteiger charge is -2.07. The number of halogens is 2. The Kier molecular flexibility index (Phi) is 4.87. The summed E-state index contributed by atoms with van der Waals surface area (Å²) in [4.78, 5) is 11.9. The van der Waals surface area contributed by atoms with Crippen LogP contribution in [0.4, 0.5) is 4.39 Å². The molecule has 2 aromatic carbocycles. The van der Waals surface area contributed by atoms with Crippen molar-refractivity contribution in [2.75, 3.05) is 0 Å². The fourth-order valence-electron chi connectivity index (χ4n) is 1.68. The number of carbonyl (C=O) groups is 1. The molecule has 0 aromatic heterocycles. The van der Waals surface area contributed by atoms with Gasteiger partial charge in [-0.3, -0.25) is 4.79 Å². The van der Waals surface area contributed by atoms with E-state index in [4.69, 9.17) is 5.11 Å². The van der Waals surface area contributed by atoms with Gasteiger partial charge >= 0.3 is 0 Å². The number of benzene rings is 2. The smallest absolute Gasteiger partial charge is 0.251 e. The molecular weight excluding hydrogens is 325 g/mol. The van der Waals surface area contributed by atoms with E-state index in [1.165, 1.54) is 18.2 Å². The van der Waals surface area contributed by atoms with Gasteiger partial charge in [0.2, 0.25) is 0 Å². The van der Waals surface area contributed by atoms with Crippen LogP contribution in [-0.4, -0.2) is 11.0 Å². The van der Waals surface area contributed by atoms with Gasteiger partial charge in [-0.15, -0.1) is 0 Å². The molecule has 0 saturated heterocycles. The number of aliphatic hydroxyl groups is 1. The number of nitrogens with one attached hydrogen (secondary N) is 1. The number of hydrogen-bond acceptors (Lipinski definition) is 2. The average Bonchev–Trinajstić information content (AvgIpc) is 2.48. The zero-order valence-electron chi connectivity index (χ0n) is 10.6. The van der Waals surface area contributed by atoms with Gasteiger partial charge in [0, 0.05) is 12.1 Å². The normalized spacial score (nSPS) is 10.3. The highest BCUT2D eigenvalue weighted by Crippen LogP contribution is 2.16. The molecule has 0 bridgehead atoms. The third-order valence-electron chi connectivity index (χ3n) is 2.84. The van der Waals surface area contributed by atoms with Crippen molar-refractivity contribution in [3.8, 4) is 0 Å². The molecule has 104 valence electrons. The lowest BCUT2D eigenvalue weighted by molar-refractivity contribution is 0.0951. The van der Waals surface area contributed by atoms with E-state index in [1.807, 2.05) is 12.1 Å². The minimum Gasteiger partial charge on any atom is -0.392 e. The van der Waals surface area contributed by atoms with E-state index >= 15 is 0 Å². The Morgan fingerprint density at radius 3 is 2.40 bits per heavy atom. The molecule has 0 fully saturated rings. The summed E-state index contributed by atoms with van der Waals surface area (Å²) in [6, 6.07) is 11.4. The summed E-state index contributed by atoms with van der Waals surface area (Å²) < 4.78 is 13.3. The van der Waals surface area contributed by atoms with Crippen molar-refractivity contribution >= 4 is 21.8 Å². The van der Waals surface area contributed by atoms with Crippen LogP contribution in [0.3, 0.4) is 0 Å². The van der Waals surface area contributed by atoms with Crippen molar-refractivity contribution in [1.29, 1.82) is 0 Å². The van der Waals surface area contributed by atoms with Crippen molar-refractivity contribution in [2.45, 2.75) is 13.2 Å². The molecule has 0 saturated carbocycles. The minimum atomic E-state index is -0.402. The molecule has 0 aliphatic carbocycles. The van der Waals surface area contributed by atoms with Crippen LogP contribution in [0.15, 0.2) is 46.9 Å². The maximum absolute atomic E-state index is 13.1. The van der Waals surface area contributed by atoms with Crippen LogP contribution in [-0.2, 0) is 13.2 Å². The van der Waals surface area contributed by atoms with Crippen LogP contribution in [0.1, 0.15) is 21.5 Å². The SMILES string of the molecule is O=C(NCc1ccc(CO)cc1)c1ccc(F)c(Br)c1. The standard InChI is InChI=1S/C15H13BrFNO2/c16-13-7-12(5-6-14(13)17)15(20)18-8-10-1-3-11(9-19)4-2-10/h1-7,19H,8-9H2,(H,18,20). The second kappa shape index (κ2) is 6.63. The summed E-state index contributed by atoms with van der Waals surface area (Å²) in [7, 11) is 0. The summed E-state index contributed by atoms with van der Waals surface area (Å²) in [6.07, 6.45) is 0. The number of amides is 1. The molecule has 2 aromatic rings. The van der Waals surface area contributed by atoms with Crippen molar-refractivity contribution in [1.82, 2.24) is 5.32 Å². The predicted molar refractivity (Wildman–Crippen MR) is 77.6 cm³/mol. The summed E-state index contributed by atoms with van der Waals surface area (Å²) in [5, 5.41) is 11.7. The van der Waals surface area contributed by atoms with Gasteiger partial charge in [0.25, 0.3) is 5.91 Å². The first kappa shape index (κ1) is 14.7. The van der Waals surface area contributed by atoms with Crippen LogP contribution in [0.2, 0.25) is 0 Å². The molecule has 0 spiro atoms. The molecular formula is C15H13BrFNO2. The maximum Gasteiger partial charge on any atom is 0.251 e. The first-order valence-electron chi connectivity index (χ1n) is 6.02. The van der Waals surface area contributed by atoms with Gasteiger partial charge in [-0.25, -0.2) is 4.39 Å². The topological polar surface area (TPSA) is 49.3 Å². The molecule has 3 nitrogen and oxygen atoms in total. The molecule has 0 radical (unpaired) electrons. The Balaban J connectivity index is 1.98. The van der Waals surface area contributed by atoms with Crippen LogP contribution in [0.25, 0.3) is 0 Å². The third-order valence-corrected chi connectivity index (χ3v) is 3.45. The lowest BCUT2D eigenvalue weighted by Crippen LogP contribution is -2.22. The van der Waals surface area contributed by atoms with Gasteiger partial charge in [-0.2, -0.15) is 0 Å². The monoisotopic (exact) mass is 337 g/mol. The zero-order chi connectivity index (χ0) is 14.5. The number of hydrogen-bond donors (Lipinski definition) is 2. The van der Waals surface area contributed by atoms with Gasteiger partial charge in [0.15, 0.2) is 0 Å². The predicted octanol–water partition coefficient (Wildman–Crippen LogP) is 3.01. The molecule has 2 N–H and O–H groups in total. The Labute approximate surface area is 124 Å². The average molecular weight is 338 g/mol. The van der Waals surface area contributed by atoms with Gasteiger partial charge in [0.05, 0.1) is 11.1 Å². The Hall–Kier alpha value is -1.72. The first-order chi connectivity index (χ1) is 9.60. The number of aliphatic hydroxyl groups excluding tert-OH is 1. The number of carbonyl (C=O) groups excluding carboxylic acids is 1. The molecule has 0 atom stereocenters. The van der Waals surface area contributed by atoms with Crippen molar-refractivity contribution in [3.05, 3.63) is 69.4 Å². The van der Waals surface area contributed by atoms with E-state index in [9.17, 15) is 9.18 Å². The fraction of sp³-hybridized carbons (Fsp3) is 0.133. The molecule has 2 rings (SSSR count). The van der Waals surface area contributed by atoms with E-state index in [2.05, 4.69) is 21.2 Å². The highest BCUT2D eigenvalue weighted by atomic mass is 79.9. The van der Waals surface area contributed by atoms with E-state index < -0.39 is 5.82 Å². The van der Waals surface area contributed by atoms with Gasteiger partial charge in [0.1, 0.15) is 5.82 Å². The first-order valence-corrected chi connectivity index (χ1v) is 6.81. The minimum absolute atomic E-state index is 0.00372. The van der Waals surface area contributed by atoms with Crippen LogP contribution >= 0.6 is 15.9 Å².